The van der Waals surface area contributed by atoms with Crippen LogP contribution in [0.3, 0.4) is 0 Å². The summed E-state index contributed by atoms with van der Waals surface area (Å²) in [5, 5.41) is 0. The second-order valence-corrected chi connectivity index (χ2v) is 4.53. The van der Waals surface area contributed by atoms with Crippen molar-refractivity contribution < 1.29 is 4.79 Å². The minimum Gasteiger partial charge on any atom is -0.345 e. The SMILES string of the molecule is CN(C)C(=O)c1cnc2c(c1)C(Br)=CC2. The largest absolute Gasteiger partial charge is 0.345 e. The topological polar surface area (TPSA) is 33.2 Å². The second kappa shape index (κ2) is 3.77. The van der Waals surface area contributed by atoms with Gasteiger partial charge in [-0.15, -0.1) is 0 Å². The van der Waals surface area contributed by atoms with E-state index in [9.17, 15) is 4.79 Å². The number of nitrogens with zero attached hydrogens (tertiary/aromatic N) is 2. The van der Waals surface area contributed by atoms with Crippen molar-refractivity contribution in [3.63, 3.8) is 0 Å². The molecular weight excluding hydrogens is 256 g/mol. The van der Waals surface area contributed by atoms with Gasteiger partial charge in [0.2, 0.25) is 0 Å². The number of amides is 1. The molecule has 0 aliphatic heterocycles. The van der Waals surface area contributed by atoms with Crippen molar-refractivity contribution in [3.05, 3.63) is 35.2 Å². The summed E-state index contributed by atoms with van der Waals surface area (Å²) in [4.78, 5) is 17.5. The van der Waals surface area contributed by atoms with E-state index in [-0.39, 0.29) is 5.91 Å². The van der Waals surface area contributed by atoms with Crippen molar-refractivity contribution in [1.29, 1.82) is 0 Å². The highest BCUT2D eigenvalue weighted by Gasteiger charge is 2.16. The molecule has 78 valence electrons. The van der Waals surface area contributed by atoms with Crippen molar-refractivity contribution in [2.45, 2.75) is 6.42 Å². The lowest BCUT2D eigenvalue weighted by Gasteiger charge is -2.10. The van der Waals surface area contributed by atoms with E-state index >= 15 is 0 Å². The first-order valence-electron chi connectivity index (χ1n) is 4.66. The van der Waals surface area contributed by atoms with Crippen LogP contribution >= 0.6 is 15.9 Å². The molecule has 0 bridgehead atoms. The van der Waals surface area contributed by atoms with Gasteiger partial charge >= 0.3 is 0 Å². The first kappa shape index (κ1) is 10.4. The fourth-order valence-corrected chi connectivity index (χ4v) is 2.04. The molecule has 0 aromatic carbocycles. The standard InChI is InChI=1S/C11H11BrN2O/c1-14(2)11(15)7-5-8-9(12)3-4-10(8)13-6-7/h3,5-6H,4H2,1-2H3. The van der Waals surface area contributed by atoms with Crippen LogP contribution in [0, 0.1) is 0 Å². The Hall–Kier alpha value is -1.16. The van der Waals surface area contributed by atoms with Gasteiger partial charge in [-0.3, -0.25) is 9.78 Å². The summed E-state index contributed by atoms with van der Waals surface area (Å²) in [6, 6.07) is 1.89. The third kappa shape index (κ3) is 1.81. The van der Waals surface area contributed by atoms with Gasteiger partial charge in [0.25, 0.3) is 5.91 Å². The minimum atomic E-state index is -0.0162. The molecule has 1 aliphatic rings. The molecule has 0 unspecified atom stereocenters. The smallest absolute Gasteiger partial charge is 0.254 e. The number of allylic oxidation sites excluding steroid dienone is 1. The van der Waals surface area contributed by atoms with Crippen LogP contribution in [0.1, 0.15) is 21.6 Å². The maximum absolute atomic E-state index is 11.7. The minimum absolute atomic E-state index is 0.0162. The van der Waals surface area contributed by atoms with Gasteiger partial charge in [0.05, 0.1) is 11.3 Å². The molecular formula is C11H11BrN2O. The maximum Gasteiger partial charge on any atom is 0.254 e. The molecule has 0 atom stereocenters. The number of hydrogen-bond acceptors (Lipinski definition) is 2. The number of rotatable bonds is 1. The monoisotopic (exact) mass is 266 g/mol. The highest BCUT2D eigenvalue weighted by Crippen LogP contribution is 2.30. The van der Waals surface area contributed by atoms with Crippen molar-refractivity contribution in [3.8, 4) is 0 Å². The van der Waals surface area contributed by atoms with Crippen molar-refractivity contribution in [2.24, 2.45) is 0 Å². The highest BCUT2D eigenvalue weighted by atomic mass is 79.9. The Bertz CT molecular complexity index is 452. The summed E-state index contributed by atoms with van der Waals surface area (Å²) in [7, 11) is 3.47. The number of halogens is 1. The Morgan fingerprint density at radius 1 is 1.53 bits per heavy atom. The Balaban J connectivity index is 2.41. The fraction of sp³-hybridized carbons (Fsp3) is 0.273. The summed E-state index contributed by atoms with van der Waals surface area (Å²) in [6.45, 7) is 0. The van der Waals surface area contributed by atoms with Crippen LogP contribution in [0.25, 0.3) is 4.48 Å². The Morgan fingerprint density at radius 3 is 2.93 bits per heavy atom. The molecule has 0 N–H and O–H groups in total. The molecule has 0 spiro atoms. The van der Waals surface area contributed by atoms with Gasteiger partial charge in [-0.05, 0) is 6.07 Å². The summed E-state index contributed by atoms with van der Waals surface area (Å²) in [5.41, 5.74) is 2.69. The van der Waals surface area contributed by atoms with E-state index < -0.39 is 0 Å². The molecule has 3 nitrogen and oxygen atoms in total. The second-order valence-electron chi connectivity index (χ2n) is 3.67. The molecule has 4 heteroatoms. The zero-order chi connectivity index (χ0) is 11.0. The van der Waals surface area contributed by atoms with Gasteiger partial charge in [0, 0.05) is 36.8 Å². The molecule has 0 fully saturated rings. The van der Waals surface area contributed by atoms with Crippen LogP contribution in [0.15, 0.2) is 18.3 Å². The Kier molecular flexibility index (Phi) is 2.61. The molecule has 1 aliphatic carbocycles. The predicted octanol–water partition coefficient (Wildman–Crippen LogP) is 2.08. The van der Waals surface area contributed by atoms with E-state index in [2.05, 4.69) is 27.0 Å². The van der Waals surface area contributed by atoms with E-state index in [1.807, 2.05) is 6.07 Å². The quantitative estimate of drug-likeness (QED) is 0.780. The summed E-state index contributed by atoms with van der Waals surface area (Å²) in [6.07, 6.45) is 4.54. The molecule has 15 heavy (non-hydrogen) atoms. The van der Waals surface area contributed by atoms with Crippen molar-refractivity contribution in [2.75, 3.05) is 14.1 Å². The molecule has 0 radical (unpaired) electrons. The fourth-order valence-electron chi connectivity index (χ4n) is 1.53. The van der Waals surface area contributed by atoms with Crippen molar-refractivity contribution in [1.82, 2.24) is 9.88 Å². The molecule has 1 aromatic heterocycles. The number of aromatic nitrogens is 1. The molecule has 2 rings (SSSR count). The number of fused-ring (bicyclic) bond motifs is 1. The lowest BCUT2D eigenvalue weighted by Crippen LogP contribution is -2.22. The van der Waals surface area contributed by atoms with Crippen LogP contribution in [0.4, 0.5) is 0 Å². The molecule has 1 amide bonds. The van der Waals surface area contributed by atoms with Gasteiger partial charge in [0.15, 0.2) is 0 Å². The number of carbonyl (C=O) groups is 1. The van der Waals surface area contributed by atoms with Crippen LogP contribution in [0.5, 0.6) is 0 Å². The lowest BCUT2D eigenvalue weighted by atomic mass is 10.1. The van der Waals surface area contributed by atoms with Crippen LogP contribution in [-0.4, -0.2) is 29.9 Å². The van der Waals surface area contributed by atoms with Crippen molar-refractivity contribution >= 4 is 26.3 Å². The lowest BCUT2D eigenvalue weighted by molar-refractivity contribution is 0.0827. The molecule has 0 saturated heterocycles. The van der Waals surface area contributed by atoms with Gasteiger partial charge in [-0.1, -0.05) is 22.0 Å². The summed E-state index contributed by atoms with van der Waals surface area (Å²) in [5.74, 6) is -0.0162. The number of hydrogen-bond donors (Lipinski definition) is 0. The van der Waals surface area contributed by atoms with E-state index in [1.165, 1.54) is 0 Å². The zero-order valence-electron chi connectivity index (χ0n) is 8.62. The first-order valence-corrected chi connectivity index (χ1v) is 5.45. The number of carbonyl (C=O) groups excluding carboxylic acids is 1. The van der Waals surface area contributed by atoms with Gasteiger partial charge < -0.3 is 4.90 Å². The van der Waals surface area contributed by atoms with Gasteiger partial charge in [0.1, 0.15) is 0 Å². The van der Waals surface area contributed by atoms with Crippen LogP contribution < -0.4 is 0 Å². The third-order valence-corrected chi connectivity index (χ3v) is 3.11. The third-order valence-electron chi connectivity index (χ3n) is 2.36. The summed E-state index contributed by atoms with van der Waals surface area (Å²) < 4.78 is 1.03. The van der Waals surface area contributed by atoms with Crippen LogP contribution in [0.2, 0.25) is 0 Å². The maximum atomic E-state index is 11.7. The molecule has 1 aromatic rings. The first-order chi connectivity index (χ1) is 7.09. The zero-order valence-corrected chi connectivity index (χ0v) is 10.2. The predicted molar refractivity (Wildman–Crippen MR) is 62.9 cm³/mol. The number of pyridine rings is 1. The average Bonchev–Trinajstić information content (AvgIpc) is 2.59. The van der Waals surface area contributed by atoms with E-state index in [1.54, 1.807) is 25.2 Å². The average molecular weight is 267 g/mol. The van der Waals surface area contributed by atoms with Gasteiger partial charge in [-0.25, -0.2) is 0 Å². The highest BCUT2D eigenvalue weighted by molar-refractivity contribution is 9.15. The van der Waals surface area contributed by atoms with E-state index in [0.717, 1.165) is 22.2 Å². The normalized spacial score (nSPS) is 13.4. The molecule has 0 saturated carbocycles. The summed E-state index contributed by atoms with van der Waals surface area (Å²) >= 11 is 3.45. The van der Waals surface area contributed by atoms with Gasteiger partial charge in [-0.2, -0.15) is 0 Å². The van der Waals surface area contributed by atoms with E-state index in [4.69, 9.17) is 0 Å². The molecule has 1 heterocycles. The Morgan fingerprint density at radius 2 is 2.27 bits per heavy atom. The van der Waals surface area contributed by atoms with Crippen LogP contribution in [-0.2, 0) is 6.42 Å². The Labute approximate surface area is 96.9 Å². The van der Waals surface area contributed by atoms with E-state index in [0.29, 0.717) is 5.56 Å².